The van der Waals surface area contributed by atoms with Crippen LogP contribution in [0.25, 0.3) is 0 Å². The lowest BCUT2D eigenvalue weighted by Gasteiger charge is -2.56. The van der Waals surface area contributed by atoms with Crippen molar-refractivity contribution in [3.05, 3.63) is 29.6 Å². The lowest BCUT2D eigenvalue weighted by molar-refractivity contribution is -0.311. The van der Waals surface area contributed by atoms with Gasteiger partial charge in [0.05, 0.1) is 12.2 Å². The molecule has 0 aromatic carbocycles. The fraction of sp³-hybridized carbons (Fsp3) is 0.829. The van der Waals surface area contributed by atoms with Gasteiger partial charge in [-0.2, -0.15) is 25.1 Å². The van der Waals surface area contributed by atoms with Crippen LogP contribution in [0.15, 0.2) is 24.3 Å². The lowest BCUT2D eigenvalue weighted by Crippen LogP contribution is -2.63. The molecule has 2 fully saturated rings. The van der Waals surface area contributed by atoms with Gasteiger partial charge in [0.25, 0.3) is 0 Å². The van der Waals surface area contributed by atoms with E-state index in [1.165, 1.54) is 0 Å². The molecular weight excluding hydrogens is 658 g/mol. The SMILES string of the molecule is CCCC(Nc1nc(Cl)nc(NC(CCC)C2CC(C)(C)N(OC3CC=CCC3)C(C)(C)C2)n1)C1CC(C)(C)N(OC2CC=CCC2)C(C)(C)C1. The number of nitrogens with zero attached hydrogens (tertiary/aromatic N) is 5. The minimum atomic E-state index is -0.117. The molecule has 2 aliphatic heterocycles. The van der Waals surface area contributed by atoms with E-state index in [-0.39, 0.29) is 51.7 Å². The van der Waals surface area contributed by atoms with Crippen molar-refractivity contribution in [3.63, 3.8) is 0 Å². The van der Waals surface area contributed by atoms with Crippen LogP contribution in [0.5, 0.6) is 0 Å². The van der Waals surface area contributed by atoms with Crippen LogP contribution in [0.4, 0.5) is 11.9 Å². The van der Waals surface area contributed by atoms with Crippen molar-refractivity contribution >= 4 is 23.5 Å². The first kappa shape index (κ1) is 40.4. The van der Waals surface area contributed by atoms with E-state index in [0.717, 1.165) is 89.9 Å². The molecule has 0 bridgehead atoms. The van der Waals surface area contributed by atoms with Gasteiger partial charge in [0.1, 0.15) is 0 Å². The lowest BCUT2D eigenvalue weighted by atomic mass is 9.71. The Balaban J connectivity index is 1.29. The Morgan fingerprint density at radius 1 is 0.647 bits per heavy atom. The zero-order chi connectivity index (χ0) is 37.0. The van der Waals surface area contributed by atoms with Crippen molar-refractivity contribution < 1.29 is 9.68 Å². The Bertz CT molecular complexity index is 1210. The summed E-state index contributed by atoms with van der Waals surface area (Å²) in [5.41, 5.74) is -0.469. The highest BCUT2D eigenvalue weighted by molar-refractivity contribution is 6.28. The quantitative estimate of drug-likeness (QED) is 0.182. The minimum Gasteiger partial charge on any atom is -0.351 e. The van der Waals surface area contributed by atoms with Gasteiger partial charge in [-0.1, -0.05) is 51.0 Å². The second-order valence-corrected chi connectivity index (χ2v) is 18.9. The van der Waals surface area contributed by atoms with E-state index in [1.54, 1.807) is 0 Å². The molecule has 51 heavy (non-hydrogen) atoms. The van der Waals surface area contributed by atoms with Gasteiger partial charge in [-0.15, -0.1) is 0 Å². The van der Waals surface area contributed by atoms with Crippen molar-refractivity contribution in [1.29, 1.82) is 0 Å². The van der Waals surface area contributed by atoms with Crippen molar-refractivity contribution in [2.75, 3.05) is 10.6 Å². The van der Waals surface area contributed by atoms with Gasteiger partial charge in [0.2, 0.25) is 17.2 Å². The number of hydrogen-bond acceptors (Lipinski definition) is 9. The highest BCUT2D eigenvalue weighted by atomic mass is 35.5. The maximum absolute atomic E-state index is 6.76. The number of hydrogen-bond donors (Lipinski definition) is 2. The third-order valence-electron chi connectivity index (χ3n) is 11.8. The van der Waals surface area contributed by atoms with Gasteiger partial charge in [0, 0.05) is 34.2 Å². The first-order chi connectivity index (χ1) is 24.0. The molecule has 4 aliphatic rings. The van der Waals surface area contributed by atoms with E-state index in [9.17, 15) is 0 Å². The number of nitrogens with one attached hydrogen (secondary N) is 2. The minimum absolute atomic E-state index is 0.117. The first-order valence-electron chi connectivity index (χ1n) is 20.2. The number of piperidine rings is 2. The van der Waals surface area contributed by atoms with E-state index >= 15 is 0 Å². The topological polar surface area (TPSA) is 87.7 Å². The molecule has 1 aromatic heterocycles. The second-order valence-electron chi connectivity index (χ2n) is 18.5. The van der Waals surface area contributed by atoms with Crippen molar-refractivity contribution in [2.45, 2.75) is 206 Å². The van der Waals surface area contributed by atoms with Crippen LogP contribution < -0.4 is 10.6 Å². The van der Waals surface area contributed by atoms with E-state index < -0.39 is 0 Å². The first-order valence-corrected chi connectivity index (χ1v) is 20.6. The fourth-order valence-electron chi connectivity index (χ4n) is 10.1. The molecule has 0 radical (unpaired) electrons. The molecule has 0 amide bonds. The van der Waals surface area contributed by atoms with Crippen molar-refractivity contribution in [2.24, 2.45) is 11.8 Å². The van der Waals surface area contributed by atoms with Crippen molar-refractivity contribution in [1.82, 2.24) is 25.1 Å². The molecule has 0 saturated carbocycles. The predicted octanol–water partition coefficient (Wildman–Crippen LogP) is 10.3. The molecule has 3 heterocycles. The zero-order valence-electron chi connectivity index (χ0n) is 33.6. The number of anilines is 2. The Labute approximate surface area is 315 Å². The molecular formula is C41H70ClN7O2. The summed E-state index contributed by atoms with van der Waals surface area (Å²) in [7, 11) is 0. The summed E-state index contributed by atoms with van der Waals surface area (Å²) in [6, 6.07) is 0.410. The molecule has 4 atom stereocenters. The molecule has 10 heteroatoms. The molecule has 2 saturated heterocycles. The summed E-state index contributed by atoms with van der Waals surface area (Å²) in [6.45, 7) is 23.2. The Kier molecular flexibility index (Phi) is 13.2. The van der Waals surface area contributed by atoms with Gasteiger partial charge in [-0.3, -0.25) is 9.68 Å². The number of aromatic nitrogens is 3. The maximum atomic E-state index is 6.76. The highest BCUT2D eigenvalue weighted by Gasteiger charge is 2.50. The van der Waals surface area contributed by atoms with Crippen LogP contribution in [0, 0.1) is 11.8 Å². The third-order valence-corrected chi connectivity index (χ3v) is 11.9. The summed E-state index contributed by atoms with van der Waals surface area (Å²) < 4.78 is 0. The van der Waals surface area contributed by atoms with Gasteiger partial charge in [-0.25, -0.2) is 0 Å². The molecule has 4 unspecified atom stereocenters. The Morgan fingerprint density at radius 3 is 1.33 bits per heavy atom. The van der Waals surface area contributed by atoms with Gasteiger partial charge in [-0.05, 0) is 156 Å². The maximum Gasteiger partial charge on any atom is 0.229 e. The van der Waals surface area contributed by atoms with Crippen LogP contribution in [-0.4, -0.2) is 71.5 Å². The van der Waals surface area contributed by atoms with E-state index in [0.29, 0.717) is 23.7 Å². The molecule has 2 aliphatic carbocycles. The molecule has 5 rings (SSSR count). The summed E-state index contributed by atoms with van der Waals surface area (Å²) in [4.78, 5) is 27.7. The average Bonchev–Trinajstić information content (AvgIpc) is 3.04. The summed E-state index contributed by atoms with van der Waals surface area (Å²) in [6.07, 6.45) is 24.2. The van der Waals surface area contributed by atoms with E-state index in [2.05, 4.69) is 124 Å². The standard InChI is InChI=1S/C41H70ClN7O2/c1-11-19-33(29-25-38(3,4)48(39(5,6)26-29)50-31-21-15-13-16-22-31)43-36-45-35(42)46-37(47-36)44-34(20-12-2)30-27-40(7,8)49(41(9,10)28-30)51-32-23-17-14-18-24-32/h13-15,17,29-34H,11-12,16,18-28H2,1-10H3,(H2,43,44,45,46,47). The molecule has 2 N–H and O–H groups in total. The monoisotopic (exact) mass is 728 g/mol. The van der Waals surface area contributed by atoms with E-state index in [4.69, 9.17) is 26.3 Å². The molecule has 288 valence electrons. The number of halogens is 1. The van der Waals surface area contributed by atoms with Crippen LogP contribution in [0.2, 0.25) is 5.28 Å². The summed E-state index contributed by atoms with van der Waals surface area (Å²) >= 11 is 6.65. The van der Waals surface area contributed by atoms with Crippen molar-refractivity contribution in [3.8, 4) is 0 Å². The summed E-state index contributed by atoms with van der Waals surface area (Å²) in [5, 5.41) is 12.4. The van der Waals surface area contributed by atoms with Crippen LogP contribution in [0.3, 0.4) is 0 Å². The number of hydroxylamine groups is 4. The Morgan fingerprint density at radius 2 is 1.02 bits per heavy atom. The number of allylic oxidation sites excluding steroid dienone is 2. The second kappa shape index (κ2) is 16.7. The van der Waals surface area contributed by atoms with Crippen LogP contribution in [0.1, 0.15) is 159 Å². The van der Waals surface area contributed by atoms with Gasteiger partial charge in [0.15, 0.2) is 0 Å². The van der Waals surface area contributed by atoms with Crippen LogP contribution >= 0.6 is 11.6 Å². The normalized spacial score (nSPS) is 28.0. The molecule has 0 spiro atoms. The summed E-state index contributed by atoms with van der Waals surface area (Å²) in [5.74, 6) is 1.95. The van der Waals surface area contributed by atoms with Gasteiger partial charge < -0.3 is 10.6 Å². The van der Waals surface area contributed by atoms with E-state index in [1.807, 2.05) is 0 Å². The fourth-order valence-corrected chi connectivity index (χ4v) is 10.3. The smallest absolute Gasteiger partial charge is 0.229 e. The molecule has 1 aromatic rings. The largest absolute Gasteiger partial charge is 0.351 e. The Hall–Kier alpha value is -1.78. The average molecular weight is 729 g/mol. The zero-order valence-corrected chi connectivity index (χ0v) is 34.4. The van der Waals surface area contributed by atoms with Gasteiger partial charge >= 0.3 is 0 Å². The van der Waals surface area contributed by atoms with Crippen LogP contribution in [-0.2, 0) is 9.68 Å². The predicted molar refractivity (Wildman–Crippen MR) is 211 cm³/mol. The molecule has 9 nitrogen and oxygen atoms in total. The number of rotatable bonds is 14. The highest BCUT2D eigenvalue weighted by Crippen LogP contribution is 2.46. The third kappa shape index (κ3) is 10.3.